The maximum absolute atomic E-state index is 14.4. The van der Waals surface area contributed by atoms with Crippen LogP contribution in [0.15, 0.2) is 112 Å². The van der Waals surface area contributed by atoms with E-state index in [0.717, 1.165) is 15.6 Å². The summed E-state index contributed by atoms with van der Waals surface area (Å²) < 4.78 is 26.8. The largest absolute Gasteiger partial charge is 0.494 e. The van der Waals surface area contributed by atoms with E-state index in [-0.39, 0.29) is 24.7 Å². The Morgan fingerprint density at radius 1 is 1.07 bits per heavy atom. The van der Waals surface area contributed by atoms with Gasteiger partial charge in [-0.05, 0) is 71.6 Å². The highest BCUT2D eigenvalue weighted by Crippen LogP contribution is 2.45. The number of halogens is 2. The van der Waals surface area contributed by atoms with Crippen molar-refractivity contribution in [3.63, 3.8) is 0 Å². The Balaban J connectivity index is 1.52. The van der Waals surface area contributed by atoms with Gasteiger partial charge < -0.3 is 14.6 Å². The zero-order valence-corrected chi connectivity index (χ0v) is 26.4. The number of aliphatic hydroxyl groups excluding tert-OH is 1. The Hall–Kier alpha value is -4.74. The van der Waals surface area contributed by atoms with Gasteiger partial charge in [-0.1, -0.05) is 69.6 Å². The Kier molecular flexibility index (Phi) is 11.0. The smallest absolute Gasteiger partial charge is 0.266 e. The molecule has 0 radical (unpaired) electrons. The van der Waals surface area contributed by atoms with E-state index >= 15 is 0 Å². The van der Waals surface area contributed by atoms with E-state index in [0.29, 0.717) is 48.6 Å². The van der Waals surface area contributed by atoms with Crippen molar-refractivity contribution in [2.24, 2.45) is 10.1 Å². The summed E-state index contributed by atoms with van der Waals surface area (Å²) in [5.74, 6) is 0.0534. The van der Waals surface area contributed by atoms with Gasteiger partial charge in [-0.2, -0.15) is 0 Å². The topological polar surface area (TPSA) is 141 Å². The molecule has 46 heavy (non-hydrogen) atoms. The second kappa shape index (κ2) is 15.5. The fraction of sp³-hybridized carbons (Fsp3) is 0.235. The van der Waals surface area contributed by atoms with Gasteiger partial charge in [0.15, 0.2) is 11.6 Å². The van der Waals surface area contributed by atoms with Crippen LogP contribution in [0.3, 0.4) is 0 Å². The first-order chi connectivity index (χ1) is 22.4. The number of carbonyl (C=O) groups is 1. The normalized spacial score (nSPS) is 17.0. The molecule has 0 unspecified atom stereocenters. The van der Waals surface area contributed by atoms with Crippen molar-refractivity contribution in [3.05, 3.63) is 140 Å². The summed E-state index contributed by atoms with van der Waals surface area (Å²) in [5.41, 5.74) is 16.6. The van der Waals surface area contributed by atoms with Gasteiger partial charge in [-0.15, -0.1) is 0 Å². The van der Waals surface area contributed by atoms with E-state index in [4.69, 9.17) is 19.6 Å². The first-order valence-corrected chi connectivity index (χ1v) is 15.5. The number of aliphatic imine (C=N–C) groups is 1. The molecule has 0 bridgehead atoms. The quantitative estimate of drug-likeness (QED) is 0.0448. The Morgan fingerprint density at radius 2 is 1.85 bits per heavy atom. The standard InChI is InChI=1S/C34H32BrFN6O4/c35-26-13-9-24(10-14-26)22-34(33(44)41-38-18-17-23-5-3-6-27(36)21-23)31(29-7-1-2-8-30(29)40-42-37)46-32(39-34)25-11-15-28(16-12-25)45-20-4-19-43/h1-3,5-16,21,31,38,43H,4,17-20,22H2,(H,41,44)/t31-,34-/m0/s1. The van der Waals surface area contributed by atoms with Crippen LogP contribution in [0.25, 0.3) is 10.4 Å². The van der Waals surface area contributed by atoms with Gasteiger partial charge in [0.1, 0.15) is 11.6 Å². The molecule has 3 N–H and O–H groups in total. The molecule has 10 nitrogen and oxygen atoms in total. The molecule has 2 atom stereocenters. The second-order valence-corrected chi connectivity index (χ2v) is 11.5. The van der Waals surface area contributed by atoms with Crippen LogP contribution in [0.5, 0.6) is 5.75 Å². The fourth-order valence-corrected chi connectivity index (χ4v) is 5.44. The average molecular weight is 688 g/mol. The molecule has 0 saturated carbocycles. The number of ether oxygens (including phenoxy) is 2. The minimum absolute atomic E-state index is 0.0314. The number of azide groups is 1. The minimum Gasteiger partial charge on any atom is -0.494 e. The number of nitrogens with one attached hydrogen (secondary N) is 2. The first kappa shape index (κ1) is 32.6. The first-order valence-electron chi connectivity index (χ1n) is 14.7. The number of hydrogen-bond donors (Lipinski definition) is 3. The van der Waals surface area contributed by atoms with Crippen LogP contribution in [0.4, 0.5) is 10.1 Å². The van der Waals surface area contributed by atoms with Crippen LogP contribution in [-0.4, -0.2) is 42.2 Å². The van der Waals surface area contributed by atoms with Gasteiger partial charge in [-0.3, -0.25) is 10.2 Å². The summed E-state index contributed by atoms with van der Waals surface area (Å²) in [5, 5.41) is 12.9. The zero-order valence-electron chi connectivity index (χ0n) is 24.8. The summed E-state index contributed by atoms with van der Waals surface area (Å²) in [6.07, 6.45) is 0.156. The molecule has 4 aromatic rings. The molecule has 0 fully saturated rings. The lowest BCUT2D eigenvalue weighted by Crippen LogP contribution is -2.54. The number of rotatable bonds is 14. The molecule has 0 spiro atoms. The summed E-state index contributed by atoms with van der Waals surface area (Å²) >= 11 is 3.47. The van der Waals surface area contributed by atoms with Crippen LogP contribution in [0.1, 0.15) is 34.8 Å². The SMILES string of the molecule is [N-]=[N+]=Nc1ccccc1[C@@H]1OC(c2ccc(OCCCO)cc2)=N[C@]1(Cc1ccc(Br)cc1)C(=O)NNCCc1cccc(F)c1. The number of nitrogens with zero attached hydrogens (tertiary/aromatic N) is 4. The van der Waals surface area contributed by atoms with Gasteiger partial charge in [0.2, 0.25) is 5.90 Å². The van der Waals surface area contributed by atoms with E-state index in [1.54, 1.807) is 54.6 Å². The molecule has 1 amide bonds. The predicted octanol–water partition coefficient (Wildman–Crippen LogP) is 6.65. The molecular weight excluding hydrogens is 655 g/mol. The lowest BCUT2D eigenvalue weighted by molar-refractivity contribution is -0.130. The van der Waals surface area contributed by atoms with Crippen LogP contribution < -0.4 is 15.6 Å². The van der Waals surface area contributed by atoms with Crippen molar-refractivity contribution >= 4 is 33.4 Å². The van der Waals surface area contributed by atoms with Gasteiger partial charge in [-0.25, -0.2) is 14.8 Å². The molecule has 0 saturated heterocycles. The minimum atomic E-state index is -1.54. The van der Waals surface area contributed by atoms with Crippen molar-refractivity contribution < 1.29 is 23.8 Å². The molecule has 1 aliphatic rings. The Labute approximate surface area is 274 Å². The number of hydrogen-bond acceptors (Lipinski definition) is 7. The van der Waals surface area contributed by atoms with Crippen molar-refractivity contribution in [3.8, 4) is 5.75 Å². The molecule has 12 heteroatoms. The van der Waals surface area contributed by atoms with Gasteiger partial charge in [0.05, 0.1) is 6.61 Å². The van der Waals surface area contributed by atoms with Crippen LogP contribution in [0.2, 0.25) is 0 Å². The lowest BCUT2D eigenvalue weighted by Gasteiger charge is -2.31. The van der Waals surface area contributed by atoms with Crippen LogP contribution in [0, 0.1) is 5.82 Å². The van der Waals surface area contributed by atoms with Crippen molar-refractivity contribution in [2.75, 3.05) is 19.8 Å². The number of hydrazine groups is 1. The van der Waals surface area contributed by atoms with Crippen LogP contribution >= 0.6 is 15.9 Å². The summed E-state index contributed by atoms with van der Waals surface area (Å²) in [6, 6.07) is 27.9. The Morgan fingerprint density at radius 3 is 2.59 bits per heavy atom. The van der Waals surface area contributed by atoms with Gasteiger partial charge in [0, 0.05) is 52.2 Å². The molecule has 0 aromatic heterocycles. The number of carbonyl (C=O) groups excluding carboxylic acids is 1. The fourth-order valence-electron chi connectivity index (χ4n) is 5.17. The van der Waals surface area contributed by atoms with E-state index in [1.807, 2.05) is 30.3 Å². The summed E-state index contributed by atoms with van der Waals surface area (Å²) in [6.45, 7) is 0.733. The molecule has 4 aromatic carbocycles. The second-order valence-electron chi connectivity index (χ2n) is 10.6. The molecule has 5 rings (SSSR count). The third-order valence-electron chi connectivity index (χ3n) is 7.42. The van der Waals surface area contributed by atoms with Crippen molar-refractivity contribution in [1.82, 2.24) is 10.9 Å². The molecule has 1 aliphatic heterocycles. The predicted molar refractivity (Wildman–Crippen MR) is 176 cm³/mol. The van der Waals surface area contributed by atoms with E-state index < -0.39 is 17.6 Å². The highest BCUT2D eigenvalue weighted by molar-refractivity contribution is 9.10. The third kappa shape index (κ3) is 7.91. The molecule has 0 aliphatic carbocycles. The molecule has 236 valence electrons. The zero-order chi connectivity index (χ0) is 32.4. The van der Waals surface area contributed by atoms with Gasteiger partial charge in [0.25, 0.3) is 5.91 Å². The van der Waals surface area contributed by atoms with Crippen LogP contribution in [-0.2, 0) is 22.4 Å². The number of amides is 1. The highest BCUT2D eigenvalue weighted by atomic mass is 79.9. The number of benzene rings is 4. The highest BCUT2D eigenvalue weighted by Gasteiger charge is 2.54. The maximum Gasteiger partial charge on any atom is 0.266 e. The van der Waals surface area contributed by atoms with E-state index in [9.17, 15) is 14.7 Å². The van der Waals surface area contributed by atoms with E-state index in [1.165, 1.54) is 12.1 Å². The van der Waals surface area contributed by atoms with Crippen molar-refractivity contribution in [1.29, 1.82) is 0 Å². The lowest BCUT2D eigenvalue weighted by atomic mass is 9.81. The Bertz CT molecular complexity index is 1730. The summed E-state index contributed by atoms with van der Waals surface area (Å²) in [7, 11) is 0. The van der Waals surface area contributed by atoms with E-state index in [2.05, 4.69) is 36.8 Å². The number of aliphatic hydroxyl groups is 1. The average Bonchev–Trinajstić information content (AvgIpc) is 3.45. The monoisotopic (exact) mass is 686 g/mol. The maximum atomic E-state index is 14.4. The van der Waals surface area contributed by atoms with Gasteiger partial charge >= 0.3 is 0 Å². The molecule has 1 heterocycles. The summed E-state index contributed by atoms with van der Waals surface area (Å²) in [4.78, 5) is 22.3. The molecular formula is C34H32BrFN6O4. The third-order valence-corrected chi connectivity index (χ3v) is 7.95. The van der Waals surface area contributed by atoms with Crippen molar-refractivity contribution in [2.45, 2.75) is 30.9 Å².